The van der Waals surface area contributed by atoms with Crippen LogP contribution in [0.4, 0.5) is 4.79 Å². The molecule has 0 saturated heterocycles. The van der Waals surface area contributed by atoms with Gasteiger partial charge in [0.05, 0.1) is 6.61 Å². The molecule has 0 aliphatic heterocycles. The molecule has 0 aromatic heterocycles. The number of carbonyl (C=O) groups is 1. The van der Waals surface area contributed by atoms with Crippen molar-refractivity contribution in [2.24, 2.45) is 5.73 Å². The van der Waals surface area contributed by atoms with Crippen molar-refractivity contribution in [3.05, 3.63) is 0 Å². The SMILES string of the molecule is CCCCCOC(=O)NCCCCCCN. The topological polar surface area (TPSA) is 64.3 Å². The molecule has 4 nitrogen and oxygen atoms in total. The fourth-order valence-electron chi connectivity index (χ4n) is 1.38. The molecule has 4 heteroatoms. The van der Waals surface area contributed by atoms with Crippen molar-refractivity contribution in [1.29, 1.82) is 0 Å². The zero-order valence-electron chi connectivity index (χ0n) is 10.5. The lowest BCUT2D eigenvalue weighted by Crippen LogP contribution is -2.25. The van der Waals surface area contributed by atoms with Crippen LogP contribution < -0.4 is 11.1 Å². The third kappa shape index (κ3) is 11.3. The standard InChI is InChI=1S/C12H26N2O2/c1-2-3-8-11-16-12(15)14-10-7-5-4-6-9-13/h2-11,13H2,1H3,(H,14,15). The second-order valence-corrected chi connectivity index (χ2v) is 3.97. The summed E-state index contributed by atoms with van der Waals surface area (Å²) in [5.41, 5.74) is 5.38. The number of hydrogen-bond acceptors (Lipinski definition) is 3. The van der Waals surface area contributed by atoms with Gasteiger partial charge in [-0.3, -0.25) is 0 Å². The summed E-state index contributed by atoms with van der Waals surface area (Å²) in [5.74, 6) is 0. The van der Waals surface area contributed by atoms with E-state index in [1.54, 1.807) is 0 Å². The van der Waals surface area contributed by atoms with Crippen LogP contribution in [0.15, 0.2) is 0 Å². The summed E-state index contributed by atoms with van der Waals surface area (Å²) in [6.45, 7) is 4.12. The Labute approximate surface area is 98.9 Å². The maximum absolute atomic E-state index is 11.1. The smallest absolute Gasteiger partial charge is 0.407 e. The zero-order valence-corrected chi connectivity index (χ0v) is 10.5. The summed E-state index contributed by atoms with van der Waals surface area (Å²) in [6, 6.07) is 0. The maximum atomic E-state index is 11.1. The van der Waals surface area contributed by atoms with Gasteiger partial charge in [0.15, 0.2) is 0 Å². The number of amides is 1. The van der Waals surface area contributed by atoms with Crippen LogP contribution >= 0.6 is 0 Å². The van der Waals surface area contributed by atoms with Gasteiger partial charge in [-0.25, -0.2) is 4.79 Å². The van der Waals surface area contributed by atoms with E-state index in [4.69, 9.17) is 10.5 Å². The Balaban J connectivity index is 3.11. The molecule has 0 aliphatic rings. The number of nitrogens with one attached hydrogen (secondary N) is 1. The molecule has 0 fully saturated rings. The minimum Gasteiger partial charge on any atom is -0.450 e. The molecular formula is C12H26N2O2. The summed E-state index contributed by atoms with van der Waals surface area (Å²) in [4.78, 5) is 11.1. The summed E-state index contributed by atoms with van der Waals surface area (Å²) < 4.78 is 5.00. The van der Waals surface area contributed by atoms with Gasteiger partial charge >= 0.3 is 6.09 Å². The van der Waals surface area contributed by atoms with Gasteiger partial charge in [0.25, 0.3) is 0 Å². The third-order valence-corrected chi connectivity index (χ3v) is 2.38. The van der Waals surface area contributed by atoms with Crippen molar-refractivity contribution in [2.45, 2.75) is 51.9 Å². The van der Waals surface area contributed by atoms with Gasteiger partial charge in [-0.15, -0.1) is 0 Å². The highest BCUT2D eigenvalue weighted by Crippen LogP contribution is 1.97. The van der Waals surface area contributed by atoms with Gasteiger partial charge < -0.3 is 15.8 Å². The average Bonchev–Trinajstić information content (AvgIpc) is 2.29. The quantitative estimate of drug-likeness (QED) is 0.566. The van der Waals surface area contributed by atoms with Crippen LogP contribution in [0.2, 0.25) is 0 Å². The first-order valence-electron chi connectivity index (χ1n) is 6.42. The van der Waals surface area contributed by atoms with Gasteiger partial charge in [0, 0.05) is 6.54 Å². The number of unbranched alkanes of at least 4 members (excludes halogenated alkanes) is 5. The van der Waals surface area contributed by atoms with E-state index in [0.29, 0.717) is 13.2 Å². The molecule has 0 atom stereocenters. The Morgan fingerprint density at radius 3 is 2.56 bits per heavy atom. The Hall–Kier alpha value is -0.770. The molecule has 0 aromatic carbocycles. The molecule has 0 heterocycles. The Bertz CT molecular complexity index is 163. The number of nitrogens with two attached hydrogens (primary N) is 1. The minimum absolute atomic E-state index is 0.282. The lowest BCUT2D eigenvalue weighted by molar-refractivity contribution is 0.144. The summed E-state index contributed by atoms with van der Waals surface area (Å²) in [5, 5.41) is 2.74. The maximum Gasteiger partial charge on any atom is 0.407 e. The minimum atomic E-state index is -0.282. The molecular weight excluding hydrogens is 204 g/mol. The van der Waals surface area contributed by atoms with E-state index in [1.807, 2.05) is 0 Å². The molecule has 1 amide bonds. The van der Waals surface area contributed by atoms with Crippen molar-refractivity contribution >= 4 is 6.09 Å². The average molecular weight is 230 g/mol. The van der Waals surface area contributed by atoms with Gasteiger partial charge in [-0.1, -0.05) is 32.6 Å². The largest absolute Gasteiger partial charge is 0.450 e. The summed E-state index contributed by atoms with van der Waals surface area (Å²) in [7, 11) is 0. The normalized spacial score (nSPS) is 10.1. The van der Waals surface area contributed by atoms with Crippen LogP contribution in [0.5, 0.6) is 0 Å². The lowest BCUT2D eigenvalue weighted by atomic mass is 10.2. The second-order valence-electron chi connectivity index (χ2n) is 3.97. The molecule has 0 aliphatic carbocycles. The summed E-state index contributed by atoms with van der Waals surface area (Å²) >= 11 is 0. The Morgan fingerprint density at radius 1 is 1.12 bits per heavy atom. The predicted octanol–water partition coefficient (Wildman–Crippen LogP) is 2.42. The monoisotopic (exact) mass is 230 g/mol. The zero-order chi connectivity index (χ0) is 12.1. The number of ether oxygens (including phenoxy) is 1. The van der Waals surface area contributed by atoms with Crippen LogP contribution in [0, 0.1) is 0 Å². The van der Waals surface area contributed by atoms with Crippen LogP contribution in [0.3, 0.4) is 0 Å². The van der Waals surface area contributed by atoms with E-state index in [0.717, 1.165) is 51.5 Å². The van der Waals surface area contributed by atoms with Gasteiger partial charge in [0.2, 0.25) is 0 Å². The van der Waals surface area contributed by atoms with E-state index in [9.17, 15) is 4.79 Å². The molecule has 0 radical (unpaired) electrons. The van der Waals surface area contributed by atoms with Crippen molar-refractivity contribution in [2.75, 3.05) is 19.7 Å². The molecule has 0 aromatic rings. The molecule has 0 saturated carbocycles. The lowest BCUT2D eigenvalue weighted by Gasteiger charge is -2.06. The highest BCUT2D eigenvalue weighted by molar-refractivity contribution is 5.66. The number of alkyl carbamates (subject to hydrolysis) is 1. The first-order valence-corrected chi connectivity index (χ1v) is 6.42. The fourth-order valence-corrected chi connectivity index (χ4v) is 1.38. The molecule has 0 unspecified atom stereocenters. The van der Waals surface area contributed by atoms with Crippen molar-refractivity contribution in [3.63, 3.8) is 0 Å². The summed E-state index contributed by atoms with van der Waals surface area (Å²) in [6.07, 6.45) is 7.27. The van der Waals surface area contributed by atoms with E-state index < -0.39 is 0 Å². The number of hydrogen-bond donors (Lipinski definition) is 2. The first-order chi connectivity index (χ1) is 7.81. The van der Waals surface area contributed by atoms with E-state index in [-0.39, 0.29) is 6.09 Å². The molecule has 16 heavy (non-hydrogen) atoms. The number of carbonyl (C=O) groups excluding carboxylic acids is 1. The molecule has 0 bridgehead atoms. The van der Waals surface area contributed by atoms with E-state index in [2.05, 4.69) is 12.2 Å². The van der Waals surface area contributed by atoms with E-state index >= 15 is 0 Å². The predicted molar refractivity (Wildman–Crippen MR) is 66.4 cm³/mol. The van der Waals surface area contributed by atoms with Crippen molar-refractivity contribution in [3.8, 4) is 0 Å². The Kier molecular flexibility index (Phi) is 11.7. The van der Waals surface area contributed by atoms with Gasteiger partial charge in [-0.05, 0) is 25.8 Å². The number of rotatable bonds is 10. The fraction of sp³-hybridized carbons (Fsp3) is 0.917. The molecule has 0 rings (SSSR count). The van der Waals surface area contributed by atoms with Crippen LogP contribution in [-0.2, 0) is 4.74 Å². The van der Waals surface area contributed by atoms with E-state index in [1.165, 1.54) is 0 Å². The van der Waals surface area contributed by atoms with Crippen LogP contribution in [0.25, 0.3) is 0 Å². The van der Waals surface area contributed by atoms with Crippen LogP contribution in [-0.4, -0.2) is 25.8 Å². The van der Waals surface area contributed by atoms with Crippen molar-refractivity contribution < 1.29 is 9.53 Å². The first kappa shape index (κ1) is 15.2. The molecule has 96 valence electrons. The highest BCUT2D eigenvalue weighted by Gasteiger charge is 1.99. The molecule has 3 N–H and O–H groups in total. The third-order valence-electron chi connectivity index (χ3n) is 2.38. The van der Waals surface area contributed by atoms with Gasteiger partial charge in [0.1, 0.15) is 0 Å². The van der Waals surface area contributed by atoms with Gasteiger partial charge in [-0.2, -0.15) is 0 Å². The van der Waals surface area contributed by atoms with Crippen LogP contribution in [0.1, 0.15) is 51.9 Å². The highest BCUT2D eigenvalue weighted by atomic mass is 16.5. The Morgan fingerprint density at radius 2 is 1.88 bits per heavy atom. The second kappa shape index (κ2) is 12.3. The van der Waals surface area contributed by atoms with Crippen molar-refractivity contribution in [1.82, 2.24) is 5.32 Å². The molecule has 0 spiro atoms.